The summed E-state index contributed by atoms with van der Waals surface area (Å²) >= 11 is 0. The molecule has 1 rings (SSSR count). The Hall–Kier alpha value is -0.160. The number of hydrogen-bond donors (Lipinski definition) is 2. The van der Waals surface area contributed by atoms with Gasteiger partial charge in [-0.3, -0.25) is 0 Å². The second-order valence-electron chi connectivity index (χ2n) is 6.16. The fourth-order valence-corrected chi connectivity index (χ4v) is 2.83. The summed E-state index contributed by atoms with van der Waals surface area (Å²) in [5.74, 6) is 0. The zero-order valence-corrected chi connectivity index (χ0v) is 13.1. The van der Waals surface area contributed by atoms with Gasteiger partial charge in [0.1, 0.15) is 0 Å². The summed E-state index contributed by atoms with van der Waals surface area (Å²) in [5.41, 5.74) is -0.130. The lowest BCUT2D eigenvalue weighted by molar-refractivity contribution is 0.0811. The topological polar surface area (TPSA) is 44.7 Å². The molecule has 19 heavy (non-hydrogen) atoms. The molecule has 4 nitrogen and oxygen atoms in total. The maximum atomic E-state index is 9.53. The van der Waals surface area contributed by atoms with Crippen molar-refractivity contribution >= 4 is 0 Å². The standard InChI is InChI=1S/C15H32N2O2/c1-5-9-16-15(3,12-18)8-6-10-17(4)14-7-11-19-13(14)2/h13-14,16,18H,5-12H2,1-4H3. The highest BCUT2D eigenvalue weighted by atomic mass is 16.5. The van der Waals surface area contributed by atoms with Gasteiger partial charge in [0.05, 0.1) is 12.7 Å². The molecular weight excluding hydrogens is 240 g/mol. The minimum atomic E-state index is -0.130. The summed E-state index contributed by atoms with van der Waals surface area (Å²) in [6.45, 7) is 9.57. The SMILES string of the molecule is CCCNC(C)(CO)CCCN(C)C1CCOC1C. The van der Waals surface area contributed by atoms with Gasteiger partial charge in [0.25, 0.3) is 0 Å². The number of aliphatic hydroxyl groups excluding tert-OH is 1. The Bertz CT molecular complexity index is 250. The average Bonchev–Trinajstić information content (AvgIpc) is 2.82. The molecule has 0 amide bonds. The Morgan fingerprint density at radius 2 is 2.21 bits per heavy atom. The quantitative estimate of drug-likeness (QED) is 0.669. The molecule has 3 atom stereocenters. The molecule has 1 fully saturated rings. The van der Waals surface area contributed by atoms with E-state index in [9.17, 15) is 5.11 Å². The van der Waals surface area contributed by atoms with Gasteiger partial charge < -0.3 is 20.1 Å². The molecule has 0 aromatic heterocycles. The van der Waals surface area contributed by atoms with Crippen molar-refractivity contribution in [2.75, 3.05) is 33.4 Å². The fourth-order valence-electron chi connectivity index (χ4n) is 2.83. The van der Waals surface area contributed by atoms with Gasteiger partial charge in [-0.05, 0) is 59.7 Å². The number of ether oxygens (including phenoxy) is 1. The van der Waals surface area contributed by atoms with Gasteiger partial charge in [-0.1, -0.05) is 6.92 Å². The van der Waals surface area contributed by atoms with E-state index in [1.54, 1.807) is 0 Å². The van der Waals surface area contributed by atoms with Crippen LogP contribution in [0.4, 0.5) is 0 Å². The Kier molecular flexibility index (Phi) is 7.29. The van der Waals surface area contributed by atoms with Crippen LogP contribution < -0.4 is 5.32 Å². The fraction of sp³-hybridized carbons (Fsp3) is 1.00. The molecule has 4 heteroatoms. The van der Waals surface area contributed by atoms with E-state index in [2.05, 4.69) is 38.0 Å². The number of likely N-dealkylation sites (N-methyl/N-ethyl adjacent to an activating group) is 1. The molecule has 3 unspecified atom stereocenters. The molecule has 114 valence electrons. The van der Waals surface area contributed by atoms with Gasteiger partial charge in [0.2, 0.25) is 0 Å². The second kappa shape index (κ2) is 8.20. The third-order valence-corrected chi connectivity index (χ3v) is 4.29. The molecule has 0 aromatic rings. The van der Waals surface area contributed by atoms with Crippen molar-refractivity contribution in [2.45, 2.75) is 64.1 Å². The molecule has 0 aliphatic carbocycles. The Morgan fingerprint density at radius 1 is 1.47 bits per heavy atom. The van der Waals surface area contributed by atoms with Gasteiger partial charge in [0, 0.05) is 18.2 Å². The van der Waals surface area contributed by atoms with Gasteiger partial charge in [0.15, 0.2) is 0 Å². The molecule has 0 radical (unpaired) electrons. The van der Waals surface area contributed by atoms with Crippen molar-refractivity contribution in [3.8, 4) is 0 Å². The van der Waals surface area contributed by atoms with Crippen LogP contribution in [0.3, 0.4) is 0 Å². The molecule has 0 aromatic carbocycles. The lowest BCUT2D eigenvalue weighted by atomic mass is 9.96. The zero-order valence-electron chi connectivity index (χ0n) is 13.1. The lowest BCUT2D eigenvalue weighted by Crippen LogP contribution is -2.47. The van der Waals surface area contributed by atoms with Crippen molar-refractivity contribution in [1.29, 1.82) is 0 Å². The van der Waals surface area contributed by atoms with Crippen LogP contribution in [0.5, 0.6) is 0 Å². The first kappa shape index (κ1) is 16.9. The van der Waals surface area contributed by atoms with Crippen molar-refractivity contribution in [2.24, 2.45) is 0 Å². The maximum Gasteiger partial charge on any atom is 0.0702 e. The molecule has 2 N–H and O–H groups in total. The monoisotopic (exact) mass is 272 g/mol. The highest BCUT2D eigenvalue weighted by molar-refractivity contribution is 4.84. The van der Waals surface area contributed by atoms with Crippen LogP contribution in [0.1, 0.15) is 46.5 Å². The predicted molar refractivity (Wildman–Crippen MR) is 79.5 cm³/mol. The molecule has 1 aliphatic rings. The van der Waals surface area contributed by atoms with Gasteiger partial charge in [-0.25, -0.2) is 0 Å². The minimum absolute atomic E-state index is 0.130. The summed E-state index contributed by atoms with van der Waals surface area (Å²) in [4.78, 5) is 2.41. The number of hydrogen-bond acceptors (Lipinski definition) is 4. The smallest absolute Gasteiger partial charge is 0.0702 e. The van der Waals surface area contributed by atoms with E-state index in [-0.39, 0.29) is 12.1 Å². The molecule has 1 heterocycles. The van der Waals surface area contributed by atoms with Crippen LogP contribution in [0.15, 0.2) is 0 Å². The van der Waals surface area contributed by atoms with Gasteiger partial charge in [-0.2, -0.15) is 0 Å². The average molecular weight is 272 g/mol. The third kappa shape index (κ3) is 5.38. The van der Waals surface area contributed by atoms with Gasteiger partial charge in [-0.15, -0.1) is 0 Å². The third-order valence-electron chi connectivity index (χ3n) is 4.29. The molecule has 0 spiro atoms. The number of rotatable bonds is 9. The normalized spacial score (nSPS) is 26.8. The van der Waals surface area contributed by atoms with Crippen molar-refractivity contribution in [3.63, 3.8) is 0 Å². The molecule has 1 saturated heterocycles. The van der Waals surface area contributed by atoms with E-state index in [1.807, 2.05) is 0 Å². The van der Waals surface area contributed by atoms with Gasteiger partial charge >= 0.3 is 0 Å². The van der Waals surface area contributed by atoms with Crippen molar-refractivity contribution < 1.29 is 9.84 Å². The molecule has 0 saturated carbocycles. The summed E-state index contributed by atoms with van der Waals surface area (Å²) in [7, 11) is 2.19. The number of nitrogens with one attached hydrogen (secondary N) is 1. The van der Waals surface area contributed by atoms with Crippen molar-refractivity contribution in [3.05, 3.63) is 0 Å². The van der Waals surface area contributed by atoms with Crippen LogP contribution in [-0.4, -0.2) is 61.0 Å². The summed E-state index contributed by atoms with van der Waals surface area (Å²) in [6, 6.07) is 0.559. The maximum absolute atomic E-state index is 9.53. The first-order valence-electron chi connectivity index (χ1n) is 7.70. The molecular formula is C15H32N2O2. The number of aliphatic hydroxyl groups is 1. The first-order valence-corrected chi connectivity index (χ1v) is 7.70. The van der Waals surface area contributed by atoms with E-state index < -0.39 is 0 Å². The van der Waals surface area contributed by atoms with Crippen LogP contribution in [0.2, 0.25) is 0 Å². The summed E-state index contributed by atoms with van der Waals surface area (Å²) < 4.78 is 5.61. The molecule has 1 aliphatic heterocycles. The largest absolute Gasteiger partial charge is 0.394 e. The Balaban J connectivity index is 2.27. The lowest BCUT2D eigenvalue weighted by Gasteiger charge is -2.31. The predicted octanol–water partition coefficient (Wildman–Crippen LogP) is 1.63. The first-order chi connectivity index (χ1) is 9.02. The van der Waals surface area contributed by atoms with E-state index in [0.29, 0.717) is 12.1 Å². The van der Waals surface area contributed by atoms with Crippen molar-refractivity contribution in [1.82, 2.24) is 10.2 Å². The highest BCUT2D eigenvalue weighted by Gasteiger charge is 2.28. The Morgan fingerprint density at radius 3 is 2.74 bits per heavy atom. The number of nitrogens with zero attached hydrogens (tertiary/aromatic N) is 1. The van der Waals surface area contributed by atoms with Crippen LogP contribution in [-0.2, 0) is 4.74 Å². The Labute approximate surface area is 118 Å². The van der Waals surface area contributed by atoms with Crippen LogP contribution in [0.25, 0.3) is 0 Å². The minimum Gasteiger partial charge on any atom is -0.394 e. The van der Waals surface area contributed by atoms with Crippen LogP contribution in [0, 0.1) is 0 Å². The highest BCUT2D eigenvalue weighted by Crippen LogP contribution is 2.19. The summed E-state index contributed by atoms with van der Waals surface area (Å²) in [5, 5.41) is 13.0. The zero-order chi connectivity index (χ0) is 14.3. The molecule has 0 bridgehead atoms. The summed E-state index contributed by atoms with van der Waals surface area (Å²) in [6.07, 6.45) is 4.71. The second-order valence-corrected chi connectivity index (χ2v) is 6.16. The van der Waals surface area contributed by atoms with E-state index in [4.69, 9.17) is 4.74 Å². The van der Waals surface area contributed by atoms with E-state index in [0.717, 1.165) is 45.4 Å². The van der Waals surface area contributed by atoms with E-state index >= 15 is 0 Å². The van der Waals surface area contributed by atoms with E-state index in [1.165, 1.54) is 0 Å². The van der Waals surface area contributed by atoms with Crippen LogP contribution >= 0.6 is 0 Å².